The Bertz CT molecular complexity index is 239. The summed E-state index contributed by atoms with van der Waals surface area (Å²) in [4.78, 5) is 0. The maximum Gasteiger partial charge on any atom is 1.00 e. The summed E-state index contributed by atoms with van der Waals surface area (Å²) in [6.07, 6.45) is 12.7. The maximum absolute atomic E-state index is 2.42. The third-order valence-corrected chi connectivity index (χ3v) is 3.01. The third kappa shape index (κ3) is 6.41. The second kappa shape index (κ2) is 13.0. The second-order valence-corrected chi connectivity index (χ2v) is 3.73. The molecule has 0 atom stereocenters. The first-order chi connectivity index (χ1) is 6.92. The summed E-state index contributed by atoms with van der Waals surface area (Å²) >= 11 is 0. The Morgan fingerprint density at radius 1 is 1.19 bits per heavy atom. The van der Waals surface area contributed by atoms with Gasteiger partial charge >= 0.3 is 116 Å². The van der Waals surface area contributed by atoms with Gasteiger partial charge in [0.05, 0.1) is 0 Å². The van der Waals surface area contributed by atoms with Gasteiger partial charge < -0.3 is 0 Å². The fraction of sp³-hybridized carbons (Fsp3) is 0.643. The monoisotopic (exact) mass is 361 g/mol. The first kappa shape index (κ1) is 21.3. The average Bonchev–Trinajstić information content (AvgIpc) is 2.31. The molecule has 1 saturated carbocycles. The van der Waals surface area contributed by atoms with Gasteiger partial charge in [0.25, 0.3) is 0 Å². The SMILES string of the molecule is CC.CCC1=C2CCC[CH-]C2=CCC1.[Rb+].[Rb+]. The van der Waals surface area contributed by atoms with Gasteiger partial charge in [0.15, 0.2) is 0 Å². The molecule has 0 aromatic carbocycles. The number of rotatable bonds is 1. The predicted molar refractivity (Wildman–Crippen MR) is 64.1 cm³/mol. The largest absolute Gasteiger partial charge is 1.00 e. The van der Waals surface area contributed by atoms with Gasteiger partial charge in [0, 0.05) is 0 Å². The fourth-order valence-corrected chi connectivity index (χ4v) is 2.33. The minimum Gasteiger partial charge on any atom is -0.193 e. The molecule has 16 heavy (non-hydrogen) atoms. The number of allylic oxidation sites excluding steroid dienone is 4. The van der Waals surface area contributed by atoms with Crippen LogP contribution in [0.4, 0.5) is 0 Å². The molecule has 80 valence electrons. The van der Waals surface area contributed by atoms with Crippen LogP contribution in [0.5, 0.6) is 0 Å². The van der Waals surface area contributed by atoms with E-state index in [0.29, 0.717) is 0 Å². The Labute approximate surface area is 200 Å². The van der Waals surface area contributed by atoms with E-state index in [-0.39, 0.29) is 116 Å². The summed E-state index contributed by atoms with van der Waals surface area (Å²) in [6, 6.07) is 0. The van der Waals surface area contributed by atoms with E-state index in [1.54, 1.807) is 16.7 Å². The van der Waals surface area contributed by atoms with E-state index >= 15 is 0 Å². The van der Waals surface area contributed by atoms with Crippen LogP contribution in [0.15, 0.2) is 22.8 Å². The van der Waals surface area contributed by atoms with Crippen LogP contribution in [0.1, 0.15) is 59.3 Å². The van der Waals surface area contributed by atoms with Crippen molar-refractivity contribution in [3.8, 4) is 0 Å². The summed E-state index contributed by atoms with van der Waals surface area (Å²) in [5, 5.41) is 0. The van der Waals surface area contributed by atoms with Crippen molar-refractivity contribution >= 4 is 0 Å². The van der Waals surface area contributed by atoms with E-state index in [2.05, 4.69) is 19.4 Å². The molecule has 0 aliphatic heterocycles. The van der Waals surface area contributed by atoms with Gasteiger partial charge in [-0.25, -0.2) is 0 Å². The predicted octanol–water partition coefficient (Wildman–Crippen LogP) is -1.16. The van der Waals surface area contributed by atoms with Crippen LogP contribution in [-0.4, -0.2) is 0 Å². The van der Waals surface area contributed by atoms with Crippen molar-refractivity contribution in [3.63, 3.8) is 0 Å². The van der Waals surface area contributed by atoms with E-state index in [9.17, 15) is 0 Å². The average molecular weight is 362 g/mol. The molecule has 2 rings (SSSR count). The Hall–Kier alpha value is 2.96. The molecule has 0 saturated heterocycles. The van der Waals surface area contributed by atoms with Crippen LogP contribution in [0, 0.1) is 6.42 Å². The Morgan fingerprint density at radius 2 is 1.88 bits per heavy atom. The molecule has 0 heterocycles. The summed E-state index contributed by atoms with van der Waals surface area (Å²) in [7, 11) is 0. The molecule has 0 nitrogen and oxygen atoms in total. The molecule has 0 unspecified atom stereocenters. The Kier molecular flexibility index (Phi) is 17.2. The molecular weight excluding hydrogens is 339 g/mol. The van der Waals surface area contributed by atoms with Gasteiger partial charge in [-0.1, -0.05) is 46.5 Å². The number of hydrogen-bond acceptors (Lipinski definition) is 0. The summed E-state index contributed by atoms with van der Waals surface area (Å²) in [5.74, 6) is 0. The maximum atomic E-state index is 2.42. The normalized spacial score (nSPS) is 17.6. The fourth-order valence-electron chi connectivity index (χ4n) is 2.33. The van der Waals surface area contributed by atoms with Gasteiger partial charge in [0.1, 0.15) is 0 Å². The van der Waals surface area contributed by atoms with Gasteiger partial charge in [-0.2, -0.15) is 18.1 Å². The summed E-state index contributed by atoms with van der Waals surface area (Å²) in [5.41, 5.74) is 4.99. The molecule has 2 heteroatoms. The quantitative estimate of drug-likeness (QED) is 0.516. The number of hydrogen-bond donors (Lipinski definition) is 0. The van der Waals surface area contributed by atoms with Crippen LogP contribution in [0.2, 0.25) is 0 Å². The Balaban J connectivity index is 0. The molecule has 0 radical (unpaired) electrons. The molecule has 1 fully saturated rings. The van der Waals surface area contributed by atoms with Crippen LogP contribution in [0.3, 0.4) is 0 Å². The first-order valence-electron chi connectivity index (χ1n) is 6.16. The molecular formula is C14H23Rb2+. The molecule has 0 N–H and O–H groups in total. The van der Waals surface area contributed by atoms with E-state index in [1.807, 2.05) is 13.8 Å². The minimum absolute atomic E-state index is 0. The second-order valence-electron chi connectivity index (χ2n) is 3.73. The zero-order valence-electron chi connectivity index (χ0n) is 11.9. The van der Waals surface area contributed by atoms with Crippen molar-refractivity contribution in [1.82, 2.24) is 0 Å². The topological polar surface area (TPSA) is 0 Å². The van der Waals surface area contributed by atoms with E-state index in [4.69, 9.17) is 0 Å². The van der Waals surface area contributed by atoms with Gasteiger partial charge in [-0.3, -0.25) is 0 Å². The molecule has 0 amide bonds. The zero-order valence-corrected chi connectivity index (χ0v) is 21.7. The summed E-state index contributed by atoms with van der Waals surface area (Å²) < 4.78 is 0. The van der Waals surface area contributed by atoms with Gasteiger partial charge in [0.2, 0.25) is 0 Å². The molecule has 2 aliphatic carbocycles. The Morgan fingerprint density at radius 3 is 2.50 bits per heavy atom. The molecule has 0 aromatic rings. The zero-order chi connectivity index (χ0) is 10.4. The molecule has 0 bridgehead atoms. The smallest absolute Gasteiger partial charge is 0.193 e. The third-order valence-electron chi connectivity index (χ3n) is 3.01. The first-order valence-corrected chi connectivity index (χ1v) is 6.16. The van der Waals surface area contributed by atoms with Crippen molar-refractivity contribution in [2.45, 2.75) is 59.3 Å². The summed E-state index contributed by atoms with van der Waals surface area (Å²) in [6.45, 7) is 6.29. The van der Waals surface area contributed by atoms with Crippen LogP contribution in [0.25, 0.3) is 0 Å². The molecule has 0 spiro atoms. The van der Waals surface area contributed by atoms with E-state index in [0.717, 1.165) is 0 Å². The standard InChI is InChI=1S/C12H17.C2H6.2Rb/c1-2-10-7-5-8-11-6-3-4-9-12(10)11;1-2;;/h6,8H,2-5,7,9H2,1H3;1-2H3;;/q-1;;2*+1. The van der Waals surface area contributed by atoms with E-state index < -0.39 is 0 Å². The van der Waals surface area contributed by atoms with Crippen LogP contribution < -0.4 is 116 Å². The van der Waals surface area contributed by atoms with Gasteiger partial charge in [-0.15, -0.1) is 11.1 Å². The van der Waals surface area contributed by atoms with Crippen LogP contribution >= 0.6 is 0 Å². The minimum atomic E-state index is 0. The van der Waals surface area contributed by atoms with Crippen molar-refractivity contribution in [1.29, 1.82) is 0 Å². The van der Waals surface area contributed by atoms with E-state index in [1.165, 1.54) is 38.5 Å². The van der Waals surface area contributed by atoms with Crippen molar-refractivity contribution in [3.05, 3.63) is 29.2 Å². The van der Waals surface area contributed by atoms with Crippen molar-refractivity contribution in [2.75, 3.05) is 0 Å². The number of fused-ring (bicyclic) bond motifs is 1. The molecule has 0 aromatic heterocycles. The van der Waals surface area contributed by atoms with Crippen LogP contribution in [-0.2, 0) is 0 Å². The van der Waals surface area contributed by atoms with Crippen molar-refractivity contribution < 1.29 is 116 Å². The van der Waals surface area contributed by atoms with Gasteiger partial charge in [-0.05, 0) is 12.8 Å². The molecule has 2 aliphatic rings. The van der Waals surface area contributed by atoms with Crippen molar-refractivity contribution in [2.24, 2.45) is 0 Å².